The van der Waals surface area contributed by atoms with Gasteiger partial charge in [0.05, 0.1) is 11.1 Å². The number of aromatic nitrogens is 1. The van der Waals surface area contributed by atoms with Crippen molar-refractivity contribution in [2.24, 2.45) is 5.92 Å². The van der Waals surface area contributed by atoms with Crippen LogP contribution in [0.3, 0.4) is 0 Å². The summed E-state index contributed by atoms with van der Waals surface area (Å²) in [6.07, 6.45) is -3.33. The summed E-state index contributed by atoms with van der Waals surface area (Å²) in [6.45, 7) is 0.337. The summed E-state index contributed by atoms with van der Waals surface area (Å²) in [7, 11) is 0. The van der Waals surface area contributed by atoms with Crippen molar-refractivity contribution in [3.63, 3.8) is 0 Å². The lowest BCUT2D eigenvalue weighted by molar-refractivity contribution is -0.138. The molecule has 1 fully saturated rings. The van der Waals surface area contributed by atoms with Gasteiger partial charge >= 0.3 is 6.18 Å². The molecular formula is C25H22ClF3N4O2. The Kier molecular flexibility index (Phi) is 7.25. The standard InChI is InChI=1S/C25H22ClF3N4O2/c26-17-7-4-8-18(11-17)32-22-12-20(25(27,28)29)19(14-30-22)24(35)33-21(16-10-23(34)31-13-16)9-15-5-2-1-3-6-15/h1-8,11-12,14,16,21H,9-10,13H2,(H,30,32)(H,31,34)(H,33,35). The third kappa shape index (κ3) is 6.30. The minimum absolute atomic E-state index is 0.0810. The zero-order valence-corrected chi connectivity index (χ0v) is 19.2. The van der Waals surface area contributed by atoms with Crippen LogP contribution in [0.5, 0.6) is 0 Å². The van der Waals surface area contributed by atoms with E-state index >= 15 is 0 Å². The molecule has 6 nitrogen and oxygen atoms in total. The molecule has 2 amide bonds. The number of nitrogens with one attached hydrogen (secondary N) is 3. The second kappa shape index (κ2) is 10.4. The summed E-state index contributed by atoms with van der Waals surface area (Å²) >= 11 is 5.93. The average molecular weight is 503 g/mol. The van der Waals surface area contributed by atoms with E-state index in [1.165, 1.54) is 0 Å². The molecule has 0 bridgehead atoms. The molecule has 1 aliphatic rings. The molecule has 0 aliphatic carbocycles. The van der Waals surface area contributed by atoms with Crippen LogP contribution < -0.4 is 16.0 Å². The van der Waals surface area contributed by atoms with Gasteiger partial charge in [-0.3, -0.25) is 9.59 Å². The van der Waals surface area contributed by atoms with E-state index in [9.17, 15) is 22.8 Å². The molecule has 1 saturated heterocycles. The minimum Gasteiger partial charge on any atom is -0.356 e. The molecule has 1 aliphatic heterocycles. The lowest BCUT2D eigenvalue weighted by Gasteiger charge is -2.25. The second-order valence-corrected chi connectivity index (χ2v) is 8.72. The summed E-state index contributed by atoms with van der Waals surface area (Å²) in [5, 5.41) is 8.63. The molecule has 182 valence electrons. The number of halogens is 4. The van der Waals surface area contributed by atoms with Gasteiger partial charge in [-0.2, -0.15) is 13.2 Å². The van der Waals surface area contributed by atoms with E-state index in [-0.39, 0.29) is 24.1 Å². The predicted octanol–water partition coefficient (Wildman–Crippen LogP) is 4.97. The van der Waals surface area contributed by atoms with Crippen molar-refractivity contribution in [3.8, 4) is 0 Å². The highest BCUT2D eigenvalue weighted by Gasteiger charge is 2.37. The van der Waals surface area contributed by atoms with Crippen LogP contribution in [-0.2, 0) is 17.4 Å². The maximum atomic E-state index is 13.9. The molecule has 3 N–H and O–H groups in total. The molecule has 2 heterocycles. The van der Waals surface area contributed by atoms with E-state index in [2.05, 4.69) is 20.9 Å². The van der Waals surface area contributed by atoms with Gasteiger partial charge in [0.25, 0.3) is 5.91 Å². The molecule has 0 saturated carbocycles. The van der Waals surface area contributed by atoms with Gasteiger partial charge < -0.3 is 16.0 Å². The number of pyridine rings is 1. The molecule has 2 aromatic carbocycles. The highest BCUT2D eigenvalue weighted by Crippen LogP contribution is 2.34. The van der Waals surface area contributed by atoms with Crippen molar-refractivity contribution < 1.29 is 22.8 Å². The topological polar surface area (TPSA) is 83.1 Å². The summed E-state index contributed by atoms with van der Waals surface area (Å²) in [6, 6.07) is 15.9. The smallest absolute Gasteiger partial charge is 0.356 e. The van der Waals surface area contributed by atoms with Crippen LogP contribution in [0.15, 0.2) is 66.9 Å². The van der Waals surface area contributed by atoms with Gasteiger partial charge in [-0.15, -0.1) is 0 Å². The third-order valence-electron chi connectivity index (χ3n) is 5.74. The van der Waals surface area contributed by atoms with E-state index in [0.29, 0.717) is 23.7 Å². The number of hydrogen-bond donors (Lipinski definition) is 3. The Morgan fingerprint density at radius 1 is 1.14 bits per heavy atom. The van der Waals surface area contributed by atoms with E-state index < -0.39 is 29.3 Å². The predicted molar refractivity (Wildman–Crippen MR) is 126 cm³/mol. The average Bonchev–Trinajstić information content (AvgIpc) is 3.25. The number of carbonyl (C=O) groups excluding carboxylic acids is 2. The molecule has 4 rings (SSSR count). The highest BCUT2D eigenvalue weighted by molar-refractivity contribution is 6.30. The zero-order chi connectivity index (χ0) is 25.0. The highest BCUT2D eigenvalue weighted by atomic mass is 35.5. The van der Waals surface area contributed by atoms with E-state index in [4.69, 9.17) is 11.6 Å². The largest absolute Gasteiger partial charge is 0.417 e. The first-order valence-corrected chi connectivity index (χ1v) is 11.3. The molecule has 1 aromatic heterocycles. The maximum Gasteiger partial charge on any atom is 0.417 e. The van der Waals surface area contributed by atoms with Crippen molar-refractivity contribution in [1.29, 1.82) is 0 Å². The van der Waals surface area contributed by atoms with Crippen LogP contribution in [0.25, 0.3) is 0 Å². The van der Waals surface area contributed by atoms with E-state index in [1.54, 1.807) is 24.3 Å². The van der Waals surface area contributed by atoms with E-state index in [0.717, 1.165) is 17.8 Å². The van der Waals surface area contributed by atoms with Crippen LogP contribution >= 0.6 is 11.6 Å². The first-order valence-electron chi connectivity index (χ1n) is 10.9. The van der Waals surface area contributed by atoms with Crippen LogP contribution in [-0.4, -0.2) is 29.4 Å². The fourth-order valence-corrected chi connectivity index (χ4v) is 4.21. The van der Waals surface area contributed by atoms with Gasteiger partial charge in [-0.25, -0.2) is 4.98 Å². The normalized spacial score (nSPS) is 16.5. The number of anilines is 2. The molecule has 10 heteroatoms. The quantitative estimate of drug-likeness (QED) is 0.426. The summed E-state index contributed by atoms with van der Waals surface area (Å²) in [5.41, 5.74) is -0.359. The SMILES string of the molecule is O=C1CC(C(Cc2ccccc2)NC(=O)c2cnc(Nc3cccc(Cl)c3)cc2C(F)(F)F)CN1. The van der Waals surface area contributed by atoms with Crippen LogP contribution in [0, 0.1) is 5.92 Å². The van der Waals surface area contributed by atoms with Gasteiger partial charge in [0.2, 0.25) is 5.91 Å². The molecule has 0 spiro atoms. The van der Waals surface area contributed by atoms with Gasteiger partial charge in [0.15, 0.2) is 0 Å². The Morgan fingerprint density at radius 3 is 2.57 bits per heavy atom. The number of rotatable bonds is 7. The molecule has 0 radical (unpaired) electrons. The van der Waals surface area contributed by atoms with Gasteiger partial charge in [-0.05, 0) is 36.2 Å². The second-order valence-electron chi connectivity index (χ2n) is 8.29. The van der Waals surface area contributed by atoms with Crippen LogP contribution in [0.2, 0.25) is 5.02 Å². The first kappa shape index (κ1) is 24.5. The lowest BCUT2D eigenvalue weighted by atomic mass is 9.92. The van der Waals surface area contributed by atoms with Crippen LogP contribution in [0.1, 0.15) is 27.9 Å². The Morgan fingerprint density at radius 2 is 1.91 bits per heavy atom. The molecule has 2 atom stereocenters. The van der Waals surface area contributed by atoms with Gasteiger partial charge in [0.1, 0.15) is 5.82 Å². The Labute approximate surface area is 204 Å². The Balaban J connectivity index is 1.60. The Hall–Kier alpha value is -3.59. The van der Waals surface area contributed by atoms with Crippen molar-refractivity contribution in [2.45, 2.75) is 25.1 Å². The summed E-state index contributed by atoms with van der Waals surface area (Å²) in [5.74, 6) is -1.39. The fourth-order valence-electron chi connectivity index (χ4n) is 4.01. The molecule has 2 unspecified atom stereocenters. The van der Waals surface area contributed by atoms with Gasteiger partial charge in [-0.1, -0.05) is 48.0 Å². The maximum absolute atomic E-state index is 13.9. The lowest BCUT2D eigenvalue weighted by Crippen LogP contribution is -2.43. The first-order chi connectivity index (χ1) is 16.7. The number of alkyl halides is 3. The third-order valence-corrected chi connectivity index (χ3v) is 5.98. The molecular weight excluding hydrogens is 481 g/mol. The summed E-state index contributed by atoms with van der Waals surface area (Å²) in [4.78, 5) is 28.9. The van der Waals surface area contributed by atoms with Crippen molar-refractivity contribution in [2.75, 3.05) is 11.9 Å². The zero-order valence-electron chi connectivity index (χ0n) is 18.4. The fraction of sp³-hybridized carbons (Fsp3) is 0.240. The van der Waals surface area contributed by atoms with Crippen molar-refractivity contribution in [3.05, 3.63) is 88.6 Å². The van der Waals surface area contributed by atoms with Crippen molar-refractivity contribution >= 4 is 34.9 Å². The number of nitrogens with zero attached hydrogens (tertiary/aromatic N) is 1. The molecule has 35 heavy (non-hydrogen) atoms. The Bertz CT molecular complexity index is 1220. The minimum atomic E-state index is -4.79. The number of benzene rings is 2. The van der Waals surface area contributed by atoms with Crippen molar-refractivity contribution in [1.82, 2.24) is 15.6 Å². The summed E-state index contributed by atoms with van der Waals surface area (Å²) < 4.78 is 41.8. The van der Waals surface area contributed by atoms with Gasteiger partial charge in [0, 0.05) is 41.8 Å². The number of hydrogen-bond acceptors (Lipinski definition) is 4. The monoisotopic (exact) mass is 502 g/mol. The number of carbonyl (C=O) groups is 2. The van der Waals surface area contributed by atoms with E-state index in [1.807, 2.05) is 30.3 Å². The number of amides is 2. The van der Waals surface area contributed by atoms with Crippen LogP contribution in [0.4, 0.5) is 24.7 Å². The molecule has 3 aromatic rings.